The Labute approximate surface area is 224 Å². The van der Waals surface area contributed by atoms with E-state index in [4.69, 9.17) is 4.98 Å². The van der Waals surface area contributed by atoms with Gasteiger partial charge in [0.1, 0.15) is 30.1 Å². The molecule has 0 bridgehead atoms. The molecule has 1 aromatic heterocycles. The van der Waals surface area contributed by atoms with Crippen LogP contribution >= 0.6 is 0 Å². The van der Waals surface area contributed by atoms with E-state index in [1.165, 1.54) is 4.90 Å². The first-order valence-corrected chi connectivity index (χ1v) is 12.5. The molecule has 2 atom stereocenters. The van der Waals surface area contributed by atoms with Crippen molar-refractivity contribution in [1.29, 1.82) is 0 Å². The first kappa shape index (κ1) is 27.9. The van der Waals surface area contributed by atoms with Crippen molar-refractivity contribution in [1.82, 2.24) is 19.8 Å². The van der Waals surface area contributed by atoms with Crippen LogP contribution in [0.3, 0.4) is 0 Å². The molecule has 9 nitrogen and oxygen atoms in total. The SMILES string of the molecule is CC(C)(C)C(c1nc(-c2cc(F)ccc2F)cn1Cc1ccccc1)N(CC[C@@H]1NC(=O)OC1=O)C(=O)CO. The van der Waals surface area contributed by atoms with Crippen LogP contribution in [0.4, 0.5) is 13.6 Å². The quantitative estimate of drug-likeness (QED) is 0.315. The number of esters is 1. The number of rotatable bonds is 9. The molecule has 2 heterocycles. The molecule has 4 rings (SSSR count). The number of alkyl carbamates (subject to hydrolysis) is 1. The molecule has 206 valence electrons. The minimum absolute atomic E-state index is 0.0246. The van der Waals surface area contributed by atoms with E-state index in [1.54, 1.807) is 10.8 Å². The molecule has 39 heavy (non-hydrogen) atoms. The van der Waals surface area contributed by atoms with Crippen LogP contribution in [-0.2, 0) is 20.9 Å². The lowest BCUT2D eigenvalue weighted by Crippen LogP contribution is -2.46. The number of imidazole rings is 1. The number of nitrogens with zero attached hydrogens (tertiary/aromatic N) is 3. The summed E-state index contributed by atoms with van der Waals surface area (Å²) in [4.78, 5) is 42.7. The average Bonchev–Trinajstić information content (AvgIpc) is 3.43. The van der Waals surface area contributed by atoms with E-state index in [0.29, 0.717) is 12.4 Å². The predicted molar refractivity (Wildman–Crippen MR) is 137 cm³/mol. The summed E-state index contributed by atoms with van der Waals surface area (Å²) in [6.07, 6.45) is 0.778. The third-order valence-electron chi connectivity index (χ3n) is 6.47. The number of hydrogen-bond donors (Lipinski definition) is 2. The first-order chi connectivity index (χ1) is 18.5. The second kappa shape index (κ2) is 11.3. The lowest BCUT2D eigenvalue weighted by molar-refractivity contribution is -0.141. The van der Waals surface area contributed by atoms with Gasteiger partial charge in [-0.3, -0.25) is 4.79 Å². The highest BCUT2D eigenvalue weighted by Crippen LogP contribution is 2.39. The van der Waals surface area contributed by atoms with Crippen LogP contribution in [0.2, 0.25) is 0 Å². The maximum absolute atomic E-state index is 14.8. The van der Waals surface area contributed by atoms with Gasteiger partial charge in [-0.15, -0.1) is 0 Å². The zero-order chi connectivity index (χ0) is 28.3. The van der Waals surface area contributed by atoms with Crippen LogP contribution in [-0.4, -0.2) is 56.7 Å². The van der Waals surface area contributed by atoms with Crippen molar-refractivity contribution >= 4 is 18.0 Å². The Morgan fingerprint density at radius 1 is 1.18 bits per heavy atom. The Bertz CT molecular complexity index is 1370. The molecule has 3 aromatic rings. The number of carbonyl (C=O) groups excluding carboxylic acids is 3. The second-order valence-corrected chi connectivity index (χ2v) is 10.4. The molecule has 2 aromatic carbocycles. The van der Waals surface area contributed by atoms with Crippen molar-refractivity contribution in [3.63, 3.8) is 0 Å². The third kappa shape index (κ3) is 6.31. The summed E-state index contributed by atoms with van der Waals surface area (Å²) in [6.45, 7) is 5.13. The zero-order valence-electron chi connectivity index (χ0n) is 21.9. The second-order valence-electron chi connectivity index (χ2n) is 10.4. The maximum Gasteiger partial charge on any atom is 0.415 e. The lowest BCUT2D eigenvalue weighted by atomic mass is 9.84. The molecular weight excluding hydrogens is 510 g/mol. The number of aliphatic hydroxyl groups excluding tert-OH is 1. The normalized spacial score (nSPS) is 16.1. The van der Waals surface area contributed by atoms with E-state index in [2.05, 4.69) is 10.1 Å². The van der Waals surface area contributed by atoms with Crippen molar-refractivity contribution in [3.8, 4) is 11.3 Å². The highest BCUT2D eigenvalue weighted by atomic mass is 19.1. The molecule has 2 N–H and O–H groups in total. The van der Waals surface area contributed by atoms with Crippen molar-refractivity contribution in [2.45, 2.75) is 45.8 Å². The summed E-state index contributed by atoms with van der Waals surface area (Å²) in [5.74, 6) is -2.28. The third-order valence-corrected chi connectivity index (χ3v) is 6.47. The van der Waals surface area contributed by atoms with Crippen LogP contribution in [0.25, 0.3) is 11.3 Å². The Morgan fingerprint density at radius 2 is 1.90 bits per heavy atom. The Hall–Kier alpha value is -4.12. The van der Waals surface area contributed by atoms with Gasteiger partial charge in [-0.2, -0.15) is 0 Å². The largest absolute Gasteiger partial charge is 0.415 e. The van der Waals surface area contributed by atoms with Gasteiger partial charge in [0.2, 0.25) is 5.91 Å². The van der Waals surface area contributed by atoms with E-state index < -0.39 is 53.7 Å². The number of aliphatic hydroxyl groups is 1. The number of carbonyl (C=O) groups is 3. The molecule has 1 aliphatic heterocycles. The fourth-order valence-corrected chi connectivity index (χ4v) is 4.71. The first-order valence-electron chi connectivity index (χ1n) is 12.5. The topological polar surface area (TPSA) is 114 Å². The smallest absolute Gasteiger partial charge is 0.387 e. The number of cyclic esters (lactones) is 2. The van der Waals surface area contributed by atoms with Gasteiger partial charge in [0.25, 0.3) is 0 Å². The van der Waals surface area contributed by atoms with Gasteiger partial charge in [0, 0.05) is 24.8 Å². The minimum atomic E-state index is -0.951. The summed E-state index contributed by atoms with van der Waals surface area (Å²) in [5.41, 5.74) is 0.385. The van der Waals surface area contributed by atoms with Gasteiger partial charge in [-0.1, -0.05) is 51.1 Å². The number of halogens is 2. The fourth-order valence-electron chi connectivity index (χ4n) is 4.71. The Morgan fingerprint density at radius 3 is 2.51 bits per heavy atom. The number of ether oxygens (including phenoxy) is 1. The van der Waals surface area contributed by atoms with Crippen LogP contribution in [0.5, 0.6) is 0 Å². The predicted octanol–water partition coefficient (Wildman–Crippen LogP) is 3.81. The number of nitrogens with one attached hydrogen (secondary N) is 1. The molecule has 0 spiro atoms. The maximum atomic E-state index is 14.8. The number of hydrogen-bond acceptors (Lipinski definition) is 6. The van der Waals surface area contributed by atoms with Crippen LogP contribution in [0.15, 0.2) is 54.7 Å². The van der Waals surface area contributed by atoms with Crippen molar-refractivity contribution in [3.05, 3.63) is 77.8 Å². The molecule has 11 heteroatoms. The van der Waals surface area contributed by atoms with E-state index in [1.807, 2.05) is 51.1 Å². The zero-order valence-corrected chi connectivity index (χ0v) is 21.9. The standard InChI is InChI=1S/C28H30F2N4O5/c1-28(2,3)24(34(23(36)16-35)12-11-21-26(37)39-27(38)32-21)25-31-22(19-13-18(29)9-10-20(19)30)15-33(25)14-17-7-5-4-6-8-17/h4-10,13,15,21,24,35H,11-12,14,16H2,1-3H3,(H,32,38)/t21-,24?/m0/s1. The van der Waals surface area contributed by atoms with Gasteiger partial charge < -0.3 is 24.6 Å². The average molecular weight is 541 g/mol. The highest BCUT2D eigenvalue weighted by Gasteiger charge is 2.40. The van der Waals surface area contributed by atoms with Crippen LogP contribution in [0, 0.1) is 17.0 Å². The monoisotopic (exact) mass is 540 g/mol. The molecule has 1 aliphatic rings. The summed E-state index contributed by atoms with van der Waals surface area (Å²) in [6, 6.07) is 10.8. The lowest BCUT2D eigenvalue weighted by Gasteiger charge is -2.40. The fraction of sp³-hybridized carbons (Fsp3) is 0.357. The van der Waals surface area contributed by atoms with E-state index in [9.17, 15) is 28.3 Å². The highest BCUT2D eigenvalue weighted by molar-refractivity contribution is 5.95. The number of aromatic nitrogens is 2. The van der Waals surface area contributed by atoms with E-state index in [0.717, 1.165) is 23.8 Å². The summed E-state index contributed by atoms with van der Waals surface area (Å²) in [5, 5.41) is 12.2. The molecule has 2 amide bonds. The molecule has 0 radical (unpaired) electrons. The van der Waals surface area contributed by atoms with Gasteiger partial charge >= 0.3 is 12.1 Å². The molecular formula is C28H30F2N4O5. The van der Waals surface area contributed by atoms with Gasteiger partial charge in [0.05, 0.1) is 11.7 Å². The van der Waals surface area contributed by atoms with Crippen molar-refractivity contribution in [2.24, 2.45) is 5.41 Å². The summed E-state index contributed by atoms with van der Waals surface area (Å²) >= 11 is 0. The van der Waals surface area contributed by atoms with Gasteiger partial charge in [-0.25, -0.2) is 23.4 Å². The molecule has 0 saturated carbocycles. The Kier molecular flexibility index (Phi) is 8.10. The van der Waals surface area contributed by atoms with Crippen LogP contribution in [0.1, 0.15) is 44.6 Å². The minimum Gasteiger partial charge on any atom is -0.387 e. The summed E-state index contributed by atoms with van der Waals surface area (Å²) < 4.78 is 35.2. The van der Waals surface area contributed by atoms with Gasteiger partial charge in [0.15, 0.2) is 0 Å². The van der Waals surface area contributed by atoms with Crippen molar-refractivity contribution < 1.29 is 33.0 Å². The molecule has 0 aliphatic carbocycles. The molecule has 1 fully saturated rings. The summed E-state index contributed by atoms with van der Waals surface area (Å²) in [7, 11) is 0. The van der Waals surface area contributed by atoms with Gasteiger partial charge in [-0.05, 0) is 35.6 Å². The Balaban J connectivity index is 1.81. The van der Waals surface area contributed by atoms with Crippen LogP contribution < -0.4 is 5.32 Å². The number of benzene rings is 2. The molecule has 1 saturated heterocycles. The van der Waals surface area contributed by atoms with E-state index in [-0.39, 0.29) is 24.2 Å². The van der Waals surface area contributed by atoms with Crippen molar-refractivity contribution in [2.75, 3.05) is 13.2 Å². The molecule has 1 unspecified atom stereocenters. The number of amides is 2. The van der Waals surface area contributed by atoms with E-state index >= 15 is 0 Å².